The molecule has 0 heterocycles. The van der Waals surface area contributed by atoms with E-state index in [-0.39, 0.29) is 0 Å². The highest BCUT2D eigenvalue weighted by molar-refractivity contribution is 5.41. The monoisotopic (exact) mass is 272 g/mol. The molecule has 0 aliphatic heterocycles. The first kappa shape index (κ1) is 14.4. The molecule has 0 saturated heterocycles. The molecule has 0 aliphatic carbocycles. The molecular formula is C17H20O3. The largest absolute Gasteiger partial charge is 0.497 e. The van der Waals surface area contributed by atoms with Crippen LogP contribution in [0, 0.1) is 6.92 Å². The number of ether oxygens (including phenoxy) is 2. The predicted molar refractivity (Wildman–Crippen MR) is 79.4 cm³/mol. The maximum Gasteiger partial charge on any atom is 0.119 e. The van der Waals surface area contributed by atoms with Crippen LogP contribution in [0.3, 0.4) is 0 Å². The normalized spacial score (nSPS) is 12.0. The number of aliphatic hydroxyl groups excluding tert-OH is 1. The lowest BCUT2D eigenvalue weighted by Gasteiger charge is -2.15. The van der Waals surface area contributed by atoms with Crippen LogP contribution < -0.4 is 9.47 Å². The Morgan fingerprint density at radius 3 is 2.25 bits per heavy atom. The quantitative estimate of drug-likeness (QED) is 0.905. The lowest BCUT2D eigenvalue weighted by atomic mass is 9.97. The standard InChI is InChI=1S/C17H20O3/c1-4-20-14-7-5-13(6-8-14)17(18)16-10-9-15(19-3)11-12(16)2/h5-11,17-18H,4H2,1-3H3. The second-order valence-electron chi connectivity index (χ2n) is 4.63. The van der Waals surface area contributed by atoms with Gasteiger partial charge < -0.3 is 14.6 Å². The van der Waals surface area contributed by atoms with E-state index >= 15 is 0 Å². The first-order valence-electron chi connectivity index (χ1n) is 6.71. The molecule has 1 unspecified atom stereocenters. The second kappa shape index (κ2) is 6.44. The molecule has 0 aliphatic rings. The topological polar surface area (TPSA) is 38.7 Å². The van der Waals surface area contributed by atoms with Gasteiger partial charge in [0.2, 0.25) is 0 Å². The van der Waals surface area contributed by atoms with E-state index in [1.54, 1.807) is 7.11 Å². The van der Waals surface area contributed by atoms with Gasteiger partial charge in [-0.05, 0) is 54.8 Å². The van der Waals surface area contributed by atoms with Crippen LogP contribution in [0.25, 0.3) is 0 Å². The van der Waals surface area contributed by atoms with Crippen LogP contribution in [0.1, 0.15) is 29.7 Å². The first-order valence-corrected chi connectivity index (χ1v) is 6.71. The molecule has 3 heteroatoms. The Hall–Kier alpha value is -2.00. The molecule has 0 saturated carbocycles. The van der Waals surface area contributed by atoms with Gasteiger partial charge in [-0.15, -0.1) is 0 Å². The average Bonchev–Trinajstić information content (AvgIpc) is 2.47. The molecular weight excluding hydrogens is 252 g/mol. The van der Waals surface area contributed by atoms with Crippen LogP contribution in [0.15, 0.2) is 42.5 Å². The molecule has 0 aromatic heterocycles. The van der Waals surface area contributed by atoms with Crippen LogP contribution in [-0.4, -0.2) is 18.8 Å². The number of hydrogen-bond acceptors (Lipinski definition) is 3. The zero-order valence-electron chi connectivity index (χ0n) is 12.1. The molecule has 0 spiro atoms. The van der Waals surface area contributed by atoms with Gasteiger partial charge in [-0.25, -0.2) is 0 Å². The molecule has 2 aromatic carbocycles. The lowest BCUT2D eigenvalue weighted by molar-refractivity contribution is 0.219. The number of benzene rings is 2. The van der Waals surface area contributed by atoms with E-state index in [1.807, 2.05) is 56.3 Å². The van der Waals surface area contributed by atoms with Crippen molar-refractivity contribution in [1.82, 2.24) is 0 Å². The summed E-state index contributed by atoms with van der Waals surface area (Å²) in [6, 6.07) is 13.2. The minimum Gasteiger partial charge on any atom is -0.497 e. The third-order valence-corrected chi connectivity index (χ3v) is 3.28. The van der Waals surface area contributed by atoms with Gasteiger partial charge in [0.15, 0.2) is 0 Å². The molecule has 20 heavy (non-hydrogen) atoms. The van der Waals surface area contributed by atoms with E-state index in [1.165, 1.54) is 0 Å². The fourth-order valence-corrected chi connectivity index (χ4v) is 2.17. The van der Waals surface area contributed by atoms with Crippen LogP contribution in [0.4, 0.5) is 0 Å². The lowest BCUT2D eigenvalue weighted by Crippen LogP contribution is -2.02. The van der Waals surface area contributed by atoms with Crippen LogP contribution >= 0.6 is 0 Å². The molecule has 106 valence electrons. The van der Waals surface area contributed by atoms with E-state index in [9.17, 15) is 5.11 Å². The Balaban J connectivity index is 2.24. The van der Waals surface area contributed by atoms with Gasteiger partial charge in [0.25, 0.3) is 0 Å². The fourth-order valence-electron chi connectivity index (χ4n) is 2.17. The van der Waals surface area contributed by atoms with Crippen molar-refractivity contribution in [2.45, 2.75) is 20.0 Å². The van der Waals surface area contributed by atoms with Crippen LogP contribution in [0.5, 0.6) is 11.5 Å². The molecule has 0 radical (unpaired) electrons. The van der Waals surface area contributed by atoms with Crippen molar-refractivity contribution in [2.75, 3.05) is 13.7 Å². The zero-order valence-corrected chi connectivity index (χ0v) is 12.1. The molecule has 2 aromatic rings. The summed E-state index contributed by atoms with van der Waals surface area (Å²) < 4.78 is 10.6. The van der Waals surface area contributed by atoms with Crippen molar-refractivity contribution < 1.29 is 14.6 Å². The summed E-state index contributed by atoms with van der Waals surface area (Å²) in [4.78, 5) is 0. The minimum atomic E-state index is -0.642. The van der Waals surface area contributed by atoms with E-state index in [4.69, 9.17) is 9.47 Å². The second-order valence-corrected chi connectivity index (χ2v) is 4.63. The van der Waals surface area contributed by atoms with E-state index in [2.05, 4.69) is 0 Å². The van der Waals surface area contributed by atoms with Crippen molar-refractivity contribution >= 4 is 0 Å². The molecule has 1 atom stereocenters. The molecule has 1 N–H and O–H groups in total. The molecule has 3 nitrogen and oxygen atoms in total. The summed E-state index contributed by atoms with van der Waals surface area (Å²) >= 11 is 0. The Morgan fingerprint density at radius 1 is 1.05 bits per heavy atom. The Labute approximate surface area is 119 Å². The number of aryl methyl sites for hydroxylation is 1. The third-order valence-electron chi connectivity index (χ3n) is 3.28. The van der Waals surface area contributed by atoms with Gasteiger partial charge in [0.1, 0.15) is 17.6 Å². The Kier molecular flexibility index (Phi) is 4.64. The van der Waals surface area contributed by atoms with E-state index in [0.29, 0.717) is 6.61 Å². The Morgan fingerprint density at radius 2 is 1.70 bits per heavy atom. The zero-order chi connectivity index (χ0) is 14.5. The van der Waals surface area contributed by atoms with E-state index in [0.717, 1.165) is 28.2 Å². The smallest absolute Gasteiger partial charge is 0.119 e. The van der Waals surface area contributed by atoms with Crippen molar-refractivity contribution in [3.8, 4) is 11.5 Å². The van der Waals surface area contributed by atoms with Gasteiger partial charge in [-0.3, -0.25) is 0 Å². The van der Waals surface area contributed by atoms with Crippen molar-refractivity contribution in [2.24, 2.45) is 0 Å². The van der Waals surface area contributed by atoms with Crippen molar-refractivity contribution in [1.29, 1.82) is 0 Å². The summed E-state index contributed by atoms with van der Waals surface area (Å²) in [5.74, 6) is 1.61. The van der Waals surface area contributed by atoms with Gasteiger partial charge in [0, 0.05) is 0 Å². The number of methoxy groups -OCH3 is 1. The van der Waals surface area contributed by atoms with Crippen molar-refractivity contribution in [3.63, 3.8) is 0 Å². The number of hydrogen-bond donors (Lipinski definition) is 1. The van der Waals surface area contributed by atoms with Gasteiger partial charge in [0.05, 0.1) is 13.7 Å². The highest BCUT2D eigenvalue weighted by Gasteiger charge is 2.13. The Bertz CT molecular complexity index is 561. The maximum atomic E-state index is 10.5. The first-order chi connectivity index (χ1) is 9.65. The van der Waals surface area contributed by atoms with Gasteiger partial charge >= 0.3 is 0 Å². The summed E-state index contributed by atoms with van der Waals surface area (Å²) in [6.07, 6.45) is -0.642. The summed E-state index contributed by atoms with van der Waals surface area (Å²) in [5.41, 5.74) is 2.74. The summed E-state index contributed by atoms with van der Waals surface area (Å²) in [7, 11) is 1.64. The van der Waals surface area contributed by atoms with Crippen LogP contribution in [-0.2, 0) is 0 Å². The molecule has 2 rings (SSSR count). The van der Waals surface area contributed by atoms with E-state index < -0.39 is 6.10 Å². The SMILES string of the molecule is CCOc1ccc(C(O)c2ccc(OC)cc2C)cc1. The molecule has 0 fully saturated rings. The van der Waals surface area contributed by atoms with Crippen LogP contribution in [0.2, 0.25) is 0 Å². The molecule has 0 bridgehead atoms. The van der Waals surface area contributed by atoms with Gasteiger partial charge in [-0.1, -0.05) is 18.2 Å². The van der Waals surface area contributed by atoms with Gasteiger partial charge in [-0.2, -0.15) is 0 Å². The molecule has 0 amide bonds. The summed E-state index contributed by atoms with van der Waals surface area (Å²) in [5, 5.41) is 10.5. The highest BCUT2D eigenvalue weighted by atomic mass is 16.5. The average molecular weight is 272 g/mol. The minimum absolute atomic E-state index is 0.638. The number of rotatable bonds is 5. The van der Waals surface area contributed by atoms with Crippen molar-refractivity contribution in [3.05, 3.63) is 59.2 Å². The third kappa shape index (κ3) is 3.11. The summed E-state index contributed by atoms with van der Waals surface area (Å²) in [6.45, 7) is 4.55. The maximum absolute atomic E-state index is 10.5. The fraction of sp³-hybridized carbons (Fsp3) is 0.294. The highest BCUT2D eigenvalue weighted by Crippen LogP contribution is 2.28. The predicted octanol–water partition coefficient (Wildman–Crippen LogP) is 3.48. The number of aliphatic hydroxyl groups is 1.